The Morgan fingerprint density at radius 3 is 2.90 bits per heavy atom. The van der Waals surface area contributed by atoms with Crippen molar-refractivity contribution in [3.63, 3.8) is 0 Å². The van der Waals surface area contributed by atoms with Gasteiger partial charge in [0.05, 0.1) is 0 Å². The molecule has 0 aromatic heterocycles. The van der Waals surface area contributed by atoms with E-state index in [1.165, 1.54) is 0 Å². The van der Waals surface area contributed by atoms with E-state index in [-0.39, 0.29) is 5.91 Å². The summed E-state index contributed by atoms with van der Waals surface area (Å²) in [4.78, 5) is 10.5. The highest BCUT2D eigenvalue weighted by Crippen LogP contribution is 2.08. The van der Waals surface area contributed by atoms with Gasteiger partial charge < -0.3 is 0 Å². The molecule has 60 valence electrons. The summed E-state index contributed by atoms with van der Waals surface area (Å²) in [5.74, 6) is 5.63. The number of nitrogens with two attached hydrogens (primary N) is 1. The molecule has 0 aromatic rings. The van der Waals surface area contributed by atoms with Gasteiger partial charge in [0.2, 0.25) is 5.91 Å². The van der Waals surface area contributed by atoms with Crippen LogP contribution in [0.15, 0.2) is 0 Å². The number of hydrazine groups is 1. The third kappa shape index (κ3) is 6.25. The van der Waals surface area contributed by atoms with Crippen LogP contribution in [0.1, 0.15) is 6.42 Å². The van der Waals surface area contributed by atoms with Crippen LogP contribution in [-0.2, 0) is 4.79 Å². The molecule has 0 aliphatic carbocycles. The summed E-state index contributed by atoms with van der Waals surface area (Å²) in [6.45, 7) is 0. The van der Waals surface area contributed by atoms with E-state index in [1.807, 2.05) is 6.26 Å². The fourth-order valence-corrected chi connectivity index (χ4v) is 1.85. The molecule has 0 rings (SSSR count). The van der Waals surface area contributed by atoms with Gasteiger partial charge >= 0.3 is 0 Å². The molecule has 1 amide bonds. The number of carbonyl (C=O) groups is 1. The monoisotopic (exact) mass is 180 g/mol. The van der Waals surface area contributed by atoms with Crippen molar-refractivity contribution >= 4 is 29.4 Å². The van der Waals surface area contributed by atoms with Gasteiger partial charge in [0, 0.05) is 17.3 Å². The molecule has 3 N–H and O–H groups in total. The predicted octanol–water partition coefficient (Wildman–Crippen LogP) is 0.420. The Balaban J connectivity index is 2.96. The van der Waals surface area contributed by atoms with Gasteiger partial charge in [-0.2, -0.15) is 23.5 Å². The highest BCUT2D eigenvalue weighted by molar-refractivity contribution is 8.15. The smallest absolute Gasteiger partial charge is 0.234 e. The molecule has 0 saturated heterocycles. The molecule has 0 unspecified atom stereocenters. The van der Waals surface area contributed by atoms with Crippen molar-refractivity contribution < 1.29 is 4.79 Å². The van der Waals surface area contributed by atoms with Crippen LogP contribution < -0.4 is 11.3 Å². The number of amides is 1. The fourth-order valence-electron chi connectivity index (χ4n) is 0.379. The summed E-state index contributed by atoms with van der Waals surface area (Å²) in [6, 6.07) is 0. The fraction of sp³-hybridized carbons (Fsp3) is 0.800. The Labute approximate surface area is 69.5 Å². The second kappa shape index (κ2) is 7.24. The molecule has 10 heavy (non-hydrogen) atoms. The molecule has 0 fully saturated rings. The van der Waals surface area contributed by atoms with E-state index in [1.54, 1.807) is 23.5 Å². The lowest BCUT2D eigenvalue weighted by atomic mass is 10.5. The van der Waals surface area contributed by atoms with Crippen molar-refractivity contribution in [3.05, 3.63) is 0 Å². The first-order valence-electron chi connectivity index (χ1n) is 2.87. The lowest BCUT2D eigenvalue weighted by molar-refractivity contribution is -0.120. The van der Waals surface area contributed by atoms with Crippen molar-refractivity contribution in [2.45, 2.75) is 6.42 Å². The molecule has 0 aliphatic rings. The number of hydrogen-bond donors (Lipinski definition) is 2. The first-order valence-corrected chi connectivity index (χ1v) is 5.42. The Hall–Kier alpha value is 0.130. The molecule has 0 saturated carbocycles. The van der Waals surface area contributed by atoms with Gasteiger partial charge in [-0.3, -0.25) is 10.2 Å². The second-order valence-electron chi connectivity index (χ2n) is 1.63. The third-order valence-electron chi connectivity index (χ3n) is 0.836. The number of hydrogen-bond acceptors (Lipinski definition) is 4. The van der Waals surface area contributed by atoms with Crippen molar-refractivity contribution in [2.24, 2.45) is 5.84 Å². The maximum atomic E-state index is 10.5. The topological polar surface area (TPSA) is 55.1 Å². The number of thioether (sulfide) groups is 2. The summed E-state index contributed by atoms with van der Waals surface area (Å²) in [6.07, 6.45) is 2.55. The van der Waals surface area contributed by atoms with Gasteiger partial charge in [-0.05, 0) is 6.26 Å². The molecule has 0 atom stereocenters. The SMILES string of the molecule is CSCSCCC(=O)NN. The summed E-state index contributed by atoms with van der Waals surface area (Å²) < 4.78 is 0. The Morgan fingerprint density at radius 1 is 1.70 bits per heavy atom. The van der Waals surface area contributed by atoms with Gasteiger partial charge in [0.1, 0.15) is 0 Å². The lowest BCUT2D eigenvalue weighted by Crippen LogP contribution is -2.30. The Bertz CT molecular complexity index is 99.6. The molecule has 5 heteroatoms. The van der Waals surface area contributed by atoms with E-state index in [4.69, 9.17) is 5.84 Å². The molecule has 0 aliphatic heterocycles. The zero-order valence-electron chi connectivity index (χ0n) is 5.92. The maximum absolute atomic E-state index is 10.5. The first-order chi connectivity index (χ1) is 4.81. The predicted molar refractivity (Wildman–Crippen MR) is 47.8 cm³/mol. The minimum absolute atomic E-state index is 0.0893. The molecule has 0 spiro atoms. The van der Waals surface area contributed by atoms with Crippen molar-refractivity contribution in [1.82, 2.24) is 5.43 Å². The van der Waals surface area contributed by atoms with Gasteiger partial charge in [-0.25, -0.2) is 5.84 Å². The van der Waals surface area contributed by atoms with Gasteiger partial charge in [0.25, 0.3) is 0 Å². The lowest BCUT2D eigenvalue weighted by Gasteiger charge is -1.97. The normalized spacial score (nSPS) is 9.40. The number of carbonyl (C=O) groups excluding carboxylic acids is 1. The van der Waals surface area contributed by atoms with Crippen LogP contribution in [-0.4, -0.2) is 23.0 Å². The molecular formula is C5H12N2OS2. The van der Waals surface area contributed by atoms with Crippen LogP contribution in [0.2, 0.25) is 0 Å². The largest absolute Gasteiger partial charge is 0.294 e. The Kier molecular flexibility index (Phi) is 7.33. The number of nitrogens with one attached hydrogen (secondary N) is 1. The maximum Gasteiger partial charge on any atom is 0.234 e. The highest BCUT2D eigenvalue weighted by Gasteiger charge is 1.95. The van der Waals surface area contributed by atoms with Gasteiger partial charge in [-0.15, -0.1) is 0 Å². The minimum Gasteiger partial charge on any atom is -0.294 e. The molecule has 0 radical (unpaired) electrons. The summed E-state index contributed by atoms with van der Waals surface area (Å²) >= 11 is 3.50. The highest BCUT2D eigenvalue weighted by atomic mass is 32.2. The summed E-state index contributed by atoms with van der Waals surface area (Å²) in [7, 11) is 0. The van der Waals surface area contributed by atoms with Crippen LogP contribution in [0.5, 0.6) is 0 Å². The minimum atomic E-state index is -0.0893. The summed E-state index contributed by atoms with van der Waals surface area (Å²) in [5, 5.41) is 1.04. The van der Waals surface area contributed by atoms with Gasteiger partial charge in [-0.1, -0.05) is 0 Å². The van der Waals surface area contributed by atoms with Crippen LogP contribution in [0.25, 0.3) is 0 Å². The quantitative estimate of drug-likeness (QED) is 0.212. The molecule has 0 heterocycles. The Morgan fingerprint density at radius 2 is 2.40 bits per heavy atom. The van der Waals surface area contributed by atoms with E-state index in [0.717, 1.165) is 10.8 Å². The standard InChI is InChI=1S/C5H12N2OS2/c1-9-4-10-3-2-5(8)7-6/h2-4,6H2,1H3,(H,7,8). The van der Waals surface area contributed by atoms with Gasteiger partial charge in [0.15, 0.2) is 0 Å². The van der Waals surface area contributed by atoms with E-state index in [0.29, 0.717) is 6.42 Å². The average molecular weight is 180 g/mol. The van der Waals surface area contributed by atoms with Crippen LogP contribution in [0.4, 0.5) is 0 Å². The zero-order valence-corrected chi connectivity index (χ0v) is 7.56. The van der Waals surface area contributed by atoms with E-state index < -0.39 is 0 Å². The van der Waals surface area contributed by atoms with E-state index in [2.05, 4.69) is 5.43 Å². The number of rotatable bonds is 5. The van der Waals surface area contributed by atoms with E-state index >= 15 is 0 Å². The van der Waals surface area contributed by atoms with Crippen LogP contribution in [0.3, 0.4) is 0 Å². The van der Waals surface area contributed by atoms with E-state index in [9.17, 15) is 4.79 Å². The third-order valence-corrected chi connectivity index (χ3v) is 2.94. The molecule has 3 nitrogen and oxygen atoms in total. The molecule has 0 bridgehead atoms. The summed E-state index contributed by atoms with van der Waals surface area (Å²) in [5.41, 5.74) is 2.08. The average Bonchev–Trinajstić information content (AvgIpc) is 1.98. The van der Waals surface area contributed by atoms with Crippen LogP contribution in [0, 0.1) is 0 Å². The van der Waals surface area contributed by atoms with Crippen molar-refractivity contribution in [1.29, 1.82) is 0 Å². The van der Waals surface area contributed by atoms with Crippen molar-refractivity contribution in [2.75, 3.05) is 17.1 Å². The van der Waals surface area contributed by atoms with Crippen molar-refractivity contribution in [3.8, 4) is 0 Å². The molecular weight excluding hydrogens is 168 g/mol. The zero-order chi connectivity index (χ0) is 7.82. The first kappa shape index (κ1) is 10.1. The second-order valence-corrected chi connectivity index (χ2v) is 3.97. The van der Waals surface area contributed by atoms with Crippen LogP contribution >= 0.6 is 23.5 Å². The molecule has 0 aromatic carbocycles.